The van der Waals surface area contributed by atoms with Gasteiger partial charge in [0.15, 0.2) is 0 Å². The van der Waals surface area contributed by atoms with Crippen molar-refractivity contribution in [3.63, 3.8) is 0 Å². The molecule has 1 aromatic rings. The molecule has 1 rings (SSSR count). The van der Waals surface area contributed by atoms with Crippen molar-refractivity contribution >= 4 is 31.6 Å². The van der Waals surface area contributed by atoms with Crippen LogP contribution in [0.2, 0.25) is 0 Å². The van der Waals surface area contributed by atoms with Gasteiger partial charge in [-0.2, -0.15) is 0 Å². The number of benzene rings is 1. The predicted molar refractivity (Wildman–Crippen MR) is 71.5 cm³/mol. The highest BCUT2D eigenvalue weighted by Crippen LogP contribution is 2.29. The van der Waals surface area contributed by atoms with E-state index >= 15 is 0 Å². The topological polar surface area (TPSA) is 46.2 Å². The fourth-order valence-corrected chi connectivity index (χ4v) is 2.98. The van der Waals surface area contributed by atoms with E-state index in [2.05, 4.69) is 20.7 Å². The number of hydrogen-bond donors (Lipinski definition) is 1. The van der Waals surface area contributed by atoms with Crippen molar-refractivity contribution in [1.29, 1.82) is 0 Å². The van der Waals surface area contributed by atoms with E-state index in [0.29, 0.717) is 12.1 Å². The van der Waals surface area contributed by atoms with Crippen molar-refractivity contribution in [2.45, 2.75) is 25.1 Å². The van der Waals surface area contributed by atoms with Gasteiger partial charge >= 0.3 is 0 Å². The number of nitrogens with one attached hydrogen (secondary N) is 1. The van der Waals surface area contributed by atoms with E-state index in [0.717, 1.165) is 5.56 Å². The zero-order chi connectivity index (χ0) is 12.2. The van der Waals surface area contributed by atoms with Gasteiger partial charge in [-0.25, -0.2) is 8.42 Å². The summed E-state index contributed by atoms with van der Waals surface area (Å²) in [6.45, 7) is 3.81. The minimum Gasteiger partial charge on any atom is -0.283 e. The molecule has 0 aliphatic carbocycles. The summed E-state index contributed by atoms with van der Waals surface area (Å²) in [4.78, 5) is 0.119. The third-order valence-corrected chi connectivity index (χ3v) is 4.10. The van der Waals surface area contributed by atoms with Crippen LogP contribution in [0.15, 0.2) is 24.3 Å². The van der Waals surface area contributed by atoms with Crippen LogP contribution in [0, 0.1) is 0 Å². The van der Waals surface area contributed by atoms with E-state index in [4.69, 9.17) is 0 Å². The second-order valence-corrected chi connectivity index (χ2v) is 6.84. The van der Waals surface area contributed by atoms with E-state index < -0.39 is 10.0 Å². The summed E-state index contributed by atoms with van der Waals surface area (Å²) in [6, 6.07) is 7.40. The number of para-hydroxylation sites is 1. The summed E-state index contributed by atoms with van der Waals surface area (Å²) in [5, 5.41) is 0. The van der Waals surface area contributed by atoms with Crippen molar-refractivity contribution in [1.82, 2.24) is 0 Å². The summed E-state index contributed by atoms with van der Waals surface area (Å²) in [6.07, 6.45) is 0.612. The van der Waals surface area contributed by atoms with Gasteiger partial charge in [0.2, 0.25) is 10.0 Å². The average Bonchev–Trinajstić information content (AvgIpc) is 2.17. The van der Waals surface area contributed by atoms with Gasteiger partial charge in [-0.15, -0.1) is 0 Å². The fourth-order valence-electron chi connectivity index (χ4n) is 1.42. The minimum absolute atomic E-state index is 0.119. The van der Waals surface area contributed by atoms with Gasteiger partial charge in [-0.05, 0) is 25.0 Å². The van der Waals surface area contributed by atoms with Crippen LogP contribution in [0.1, 0.15) is 30.7 Å². The Morgan fingerprint density at radius 2 is 2.00 bits per heavy atom. The van der Waals surface area contributed by atoms with E-state index in [1.54, 1.807) is 6.07 Å². The normalized spacial score (nSPS) is 13.4. The fraction of sp³-hybridized carbons (Fsp3) is 0.455. The highest BCUT2D eigenvalue weighted by molar-refractivity contribution is 9.09. The van der Waals surface area contributed by atoms with E-state index in [-0.39, 0.29) is 10.6 Å². The predicted octanol–water partition coefficient (Wildman–Crippen LogP) is 3.29. The Hall–Kier alpha value is -0.550. The molecule has 0 fully saturated rings. The van der Waals surface area contributed by atoms with Crippen molar-refractivity contribution in [2.24, 2.45) is 0 Å². The van der Waals surface area contributed by atoms with Crippen molar-refractivity contribution in [3.8, 4) is 0 Å². The molecule has 0 aliphatic heterocycles. The van der Waals surface area contributed by atoms with Gasteiger partial charge in [0.25, 0.3) is 0 Å². The van der Waals surface area contributed by atoms with Crippen LogP contribution >= 0.6 is 15.9 Å². The van der Waals surface area contributed by atoms with Crippen LogP contribution in [0.3, 0.4) is 0 Å². The molecule has 0 bridgehead atoms. The lowest BCUT2D eigenvalue weighted by atomic mass is 10.1. The molecule has 16 heavy (non-hydrogen) atoms. The molecular weight excluding hydrogens is 290 g/mol. The zero-order valence-corrected chi connectivity index (χ0v) is 11.8. The lowest BCUT2D eigenvalue weighted by molar-refractivity contribution is 0.600. The molecule has 90 valence electrons. The third-order valence-electron chi connectivity index (χ3n) is 2.13. The first-order valence-corrected chi connectivity index (χ1v) is 7.76. The smallest absolute Gasteiger partial charge is 0.232 e. The van der Waals surface area contributed by atoms with Crippen molar-refractivity contribution < 1.29 is 8.42 Å². The lowest BCUT2D eigenvalue weighted by Crippen LogP contribution is -2.17. The Balaban J connectivity index is 2.97. The molecular formula is C11H16BrNO2S. The molecule has 0 aliphatic rings. The molecule has 1 atom stereocenters. The van der Waals surface area contributed by atoms with Crippen LogP contribution in [-0.2, 0) is 10.0 Å². The second kappa shape index (κ2) is 5.68. The number of hydrogen-bond acceptors (Lipinski definition) is 2. The number of halogens is 1. The van der Waals surface area contributed by atoms with E-state index in [1.807, 2.05) is 32.0 Å². The minimum atomic E-state index is -3.21. The van der Waals surface area contributed by atoms with Gasteiger partial charge < -0.3 is 0 Å². The Morgan fingerprint density at radius 1 is 1.38 bits per heavy atom. The highest BCUT2D eigenvalue weighted by atomic mass is 79.9. The van der Waals surface area contributed by atoms with E-state index in [9.17, 15) is 8.42 Å². The lowest BCUT2D eigenvalue weighted by Gasteiger charge is -2.13. The van der Waals surface area contributed by atoms with Gasteiger partial charge in [0.05, 0.1) is 11.4 Å². The average molecular weight is 306 g/mol. The maximum atomic E-state index is 11.6. The first kappa shape index (κ1) is 13.5. The van der Waals surface area contributed by atoms with Crippen LogP contribution in [0.25, 0.3) is 0 Å². The molecule has 0 aromatic heterocycles. The molecule has 1 N–H and O–H groups in total. The molecule has 1 unspecified atom stereocenters. The summed E-state index contributed by atoms with van der Waals surface area (Å²) < 4.78 is 25.9. The number of anilines is 1. The molecule has 0 amide bonds. The maximum Gasteiger partial charge on any atom is 0.232 e. The Bertz CT molecular complexity index is 443. The maximum absolute atomic E-state index is 11.6. The van der Waals surface area contributed by atoms with Crippen LogP contribution in [-0.4, -0.2) is 14.2 Å². The molecule has 1 aromatic carbocycles. The van der Waals surface area contributed by atoms with Crippen LogP contribution in [0.4, 0.5) is 5.69 Å². The first-order chi connectivity index (χ1) is 7.46. The molecule has 0 heterocycles. The summed E-state index contributed by atoms with van der Waals surface area (Å²) in [7, 11) is -3.21. The monoisotopic (exact) mass is 305 g/mol. The molecule has 0 saturated heterocycles. The molecule has 3 nitrogen and oxygen atoms in total. The summed E-state index contributed by atoms with van der Waals surface area (Å²) in [5.41, 5.74) is 1.60. The van der Waals surface area contributed by atoms with Crippen molar-refractivity contribution in [3.05, 3.63) is 29.8 Å². The summed E-state index contributed by atoms with van der Waals surface area (Å²) in [5.74, 6) is 0.151. The molecule has 0 spiro atoms. The number of rotatable bonds is 5. The zero-order valence-electron chi connectivity index (χ0n) is 9.40. The van der Waals surface area contributed by atoms with E-state index in [1.165, 1.54) is 0 Å². The molecule has 0 saturated carbocycles. The standard InChI is InChI=1S/C11H16BrNO2S/c1-3-8-16(14,15)13-11-7-5-4-6-10(11)9(2)12/h4-7,9,13H,3,8H2,1-2H3. The SMILES string of the molecule is CCCS(=O)(=O)Nc1ccccc1C(C)Br. The first-order valence-electron chi connectivity index (χ1n) is 5.19. The summed E-state index contributed by atoms with van der Waals surface area (Å²) >= 11 is 3.45. The Morgan fingerprint density at radius 3 is 2.56 bits per heavy atom. The Labute approximate surface area is 105 Å². The van der Waals surface area contributed by atoms with Crippen molar-refractivity contribution in [2.75, 3.05) is 10.5 Å². The highest BCUT2D eigenvalue weighted by Gasteiger charge is 2.13. The largest absolute Gasteiger partial charge is 0.283 e. The van der Waals surface area contributed by atoms with Gasteiger partial charge in [0.1, 0.15) is 0 Å². The Kier molecular flexibility index (Phi) is 4.80. The molecule has 5 heteroatoms. The second-order valence-electron chi connectivity index (χ2n) is 3.62. The van der Waals surface area contributed by atoms with Gasteiger partial charge in [0, 0.05) is 4.83 Å². The van der Waals surface area contributed by atoms with Crippen LogP contribution in [0.5, 0.6) is 0 Å². The van der Waals surface area contributed by atoms with Gasteiger partial charge in [-0.3, -0.25) is 4.72 Å². The number of alkyl halides is 1. The molecule has 0 radical (unpaired) electrons. The number of sulfonamides is 1. The van der Waals surface area contributed by atoms with Gasteiger partial charge in [-0.1, -0.05) is 41.1 Å². The van der Waals surface area contributed by atoms with Crippen LogP contribution < -0.4 is 4.72 Å². The third kappa shape index (κ3) is 3.79. The quantitative estimate of drug-likeness (QED) is 0.849.